The van der Waals surface area contributed by atoms with Gasteiger partial charge in [-0.25, -0.2) is 4.21 Å². The van der Waals surface area contributed by atoms with Crippen LogP contribution in [0.4, 0.5) is 0 Å². The minimum absolute atomic E-state index is 0.143. The molecule has 1 saturated heterocycles. The van der Waals surface area contributed by atoms with Crippen molar-refractivity contribution in [1.82, 2.24) is 0 Å². The molecule has 0 aromatic rings. The minimum Gasteiger partial charge on any atom is -0.374 e. The zero-order valence-corrected chi connectivity index (χ0v) is 8.75. The van der Waals surface area contributed by atoms with Crippen LogP contribution in [0.3, 0.4) is 0 Å². The fraction of sp³-hybridized carbons (Fsp3) is 1.00. The van der Waals surface area contributed by atoms with Crippen molar-refractivity contribution in [2.75, 3.05) is 13.2 Å². The maximum absolute atomic E-state index is 10.8. The fourth-order valence-electron chi connectivity index (χ4n) is 1.11. The van der Waals surface area contributed by atoms with Crippen molar-refractivity contribution < 1.29 is 18.2 Å². The molecule has 1 aliphatic heterocycles. The van der Waals surface area contributed by atoms with Crippen LogP contribution in [0.5, 0.6) is 0 Å². The first-order chi connectivity index (χ1) is 6.15. The van der Waals surface area contributed by atoms with Gasteiger partial charge in [0, 0.05) is 0 Å². The zero-order chi connectivity index (χ0) is 9.84. The number of hydrogen-bond donors (Lipinski definition) is 1. The van der Waals surface area contributed by atoms with Gasteiger partial charge in [-0.3, -0.25) is 0 Å². The molecule has 0 radical (unpaired) electrons. The molecule has 0 aliphatic carbocycles. The fourth-order valence-corrected chi connectivity index (χ4v) is 1.64. The number of epoxide rings is 1. The lowest BCUT2D eigenvalue weighted by atomic mass is 10.2. The molecule has 1 fully saturated rings. The number of ether oxygens (including phenoxy) is 2. The van der Waals surface area contributed by atoms with Gasteiger partial charge < -0.3 is 14.0 Å². The molecule has 0 aromatic carbocycles. The van der Waals surface area contributed by atoms with Crippen molar-refractivity contribution in [3.63, 3.8) is 0 Å². The Labute approximate surface area is 80.9 Å². The van der Waals surface area contributed by atoms with Crippen molar-refractivity contribution in [3.05, 3.63) is 0 Å². The Kier molecular flexibility index (Phi) is 4.31. The normalized spacial score (nSPS) is 28.1. The Balaban J connectivity index is 2.26. The lowest BCUT2D eigenvalue weighted by Gasteiger charge is -2.19. The molecule has 4 atom stereocenters. The lowest BCUT2D eigenvalue weighted by Crippen LogP contribution is -2.30. The van der Waals surface area contributed by atoms with Gasteiger partial charge in [0.15, 0.2) is 11.1 Å². The summed E-state index contributed by atoms with van der Waals surface area (Å²) in [6.45, 7) is 4.97. The molecule has 1 heterocycles. The molecule has 4 unspecified atom stereocenters. The van der Waals surface area contributed by atoms with Crippen LogP contribution in [-0.2, 0) is 20.6 Å². The summed E-state index contributed by atoms with van der Waals surface area (Å²) >= 11 is -1.80. The molecule has 4 nitrogen and oxygen atoms in total. The van der Waals surface area contributed by atoms with E-state index in [9.17, 15) is 4.21 Å². The predicted octanol–water partition coefficient (Wildman–Crippen LogP) is 0.791. The summed E-state index contributed by atoms with van der Waals surface area (Å²) in [5, 5.41) is -0.330. The van der Waals surface area contributed by atoms with Crippen LogP contribution in [0, 0.1) is 0 Å². The Bertz CT molecular complexity index is 181. The smallest absolute Gasteiger partial charge is 0.158 e. The summed E-state index contributed by atoms with van der Waals surface area (Å²) in [6.07, 6.45) is 0.823. The summed E-state index contributed by atoms with van der Waals surface area (Å²) in [7, 11) is 0. The van der Waals surface area contributed by atoms with Crippen LogP contribution in [0.1, 0.15) is 20.3 Å². The molecule has 0 saturated carbocycles. The van der Waals surface area contributed by atoms with E-state index >= 15 is 0 Å². The SMILES string of the molecule is CCC(OCC1CO1)C(C)S(=O)O. The van der Waals surface area contributed by atoms with Gasteiger partial charge in [-0.15, -0.1) is 0 Å². The second-order valence-electron chi connectivity index (χ2n) is 3.22. The van der Waals surface area contributed by atoms with E-state index < -0.39 is 11.1 Å². The average molecular weight is 208 g/mol. The topological polar surface area (TPSA) is 59.1 Å². The molecule has 5 heteroatoms. The third-order valence-electron chi connectivity index (χ3n) is 2.14. The van der Waals surface area contributed by atoms with Gasteiger partial charge in [-0.05, 0) is 13.3 Å². The first kappa shape index (κ1) is 11.1. The molecule has 0 amide bonds. The van der Waals surface area contributed by atoms with Crippen LogP contribution in [-0.4, -0.2) is 39.4 Å². The highest BCUT2D eigenvalue weighted by Gasteiger charge is 2.27. The van der Waals surface area contributed by atoms with Crippen molar-refractivity contribution in [2.24, 2.45) is 0 Å². The number of rotatable bonds is 6. The molecule has 1 aliphatic rings. The maximum Gasteiger partial charge on any atom is 0.158 e. The van der Waals surface area contributed by atoms with Crippen LogP contribution < -0.4 is 0 Å². The van der Waals surface area contributed by atoms with Gasteiger partial charge in [0.2, 0.25) is 0 Å². The third-order valence-corrected chi connectivity index (χ3v) is 3.08. The summed E-state index contributed by atoms with van der Waals surface area (Å²) in [4.78, 5) is 0. The van der Waals surface area contributed by atoms with Gasteiger partial charge in [-0.2, -0.15) is 0 Å². The van der Waals surface area contributed by atoms with Crippen molar-refractivity contribution in [1.29, 1.82) is 0 Å². The Morgan fingerprint density at radius 2 is 2.38 bits per heavy atom. The van der Waals surface area contributed by atoms with Gasteiger partial charge >= 0.3 is 0 Å². The molecule has 0 aromatic heterocycles. The molecule has 0 bridgehead atoms. The average Bonchev–Trinajstić information content (AvgIpc) is 2.88. The van der Waals surface area contributed by atoms with E-state index in [0.29, 0.717) is 6.61 Å². The summed E-state index contributed by atoms with van der Waals surface area (Å²) in [5.74, 6) is 0. The van der Waals surface area contributed by atoms with Crippen molar-refractivity contribution in [3.8, 4) is 0 Å². The van der Waals surface area contributed by atoms with Gasteiger partial charge in [-0.1, -0.05) is 6.92 Å². The van der Waals surface area contributed by atoms with Crippen LogP contribution in [0.15, 0.2) is 0 Å². The monoisotopic (exact) mass is 208 g/mol. The van der Waals surface area contributed by atoms with E-state index in [2.05, 4.69) is 0 Å². The van der Waals surface area contributed by atoms with Crippen molar-refractivity contribution in [2.45, 2.75) is 37.7 Å². The van der Waals surface area contributed by atoms with Gasteiger partial charge in [0.05, 0.1) is 24.6 Å². The Hall–Kier alpha value is 0.0300. The second kappa shape index (κ2) is 5.05. The Morgan fingerprint density at radius 1 is 1.77 bits per heavy atom. The van der Waals surface area contributed by atoms with E-state index in [1.165, 1.54) is 0 Å². The zero-order valence-electron chi connectivity index (χ0n) is 7.93. The minimum atomic E-state index is -1.80. The number of hydrogen-bond acceptors (Lipinski definition) is 3. The summed E-state index contributed by atoms with van der Waals surface area (Å²) < 4.78 is 30.1. The van der Waals surface area contributed by atoms with E-state index in [4.69, 9.17) is 14.0 Å². The highest BCUT2D eigenvalue weighted by molar-refractivity contribution is 7.79. The third kappa shape index (κ3) is 3.72. The molecule has 1 N–H and O–H groups in total. The predicted molar refractivity (Wildman–Crippen MR) is 50.0 cm³/mol. The molecular weight excluding hydrogens is 192 g/mol. The van der Waals surface area contributed by atoms with Crippen LogP contribution in [0.2, 0.25) is 0 Å². The van der Waals surface area contributed by atoms with E-state index in [1.54, 1.807) is 6.92 Å². The van der Waals surface area contributed by atoms with Crippen LogP contribution in [0.25, 0.3) is 0 Å². The molecule has 1 rings (SSSR count). The lowest BCUT2D eigenvalue weighted by molar-refractivity contribution is 0.0399. The summed E-state index contributed by atoms with van der Waals surface area (Å²) in [6, 6.07) is 0. The maximum atomic E-state index is 10.8. The van der Waals surface area contributed by atoms with E-state index in [0.717, 1.165) is 13.0 Å². The standard InChI is InChI=1S/C8H16O4S/c1-3-8(6(2)13(9)10)12-5-7-4-11-7/h6-8H,3-5H2,1-2H3,(H,9,10). The largest absolute Gasteiger partial charge is 0.374 e. The first-order valence-corrected chi connectivity index (χ1v) is 5.65. The quantitative estimate of drug-likeness (QED) is 0.518. The van der Waals surface area contributed by atoms with Gasteiger partial charge in [0.25, 0.3) is 0 Å². The highest BCUT2D eigenvalue weighted by atomic mass is 32.2. The van der Waals surface area contributed by atoms with Crippen LogP contribution >= 0.6 is 0 Å². The van der Waals surface area contributed by atoms with Gasteiger partial charge in [0.1, 0.15) is 6.10 Å². The summed E-state index contributed by atoms with van der Waals surface area (Å²) in [5.41, 5.74) is 0. The first-order valence-electron chi connectivity index (χ1n) is 4.48. The molecule has 13 heavy (non-hydrogen) atoms. The van der Waals surface area contributed by atoms with Crippen molar-refractivity contribution >= 4 is 11.1 Å². The second-order valence-corrected chi connectivity index (χ2v) is 4.51. The highest BCUT2D eigenvalue weighted by Crippen LogP contribution is 2.14. The molecular formula is C8H16O4S. The Morgan fingerprint density at radius 3 is 2.77 bits per heavy atom. The molecule has 78 valence electrons. The molecule has 0 spiro atoms. The van der Waals surface area contributed by atoms with E-state index in [1.807, 2.05) is 6.92 Å². The van der Waals surface area contributed by atoms with E-state index in [-0.39, 0.29) is 17.5 Å².